The Balaban J connectivity index is 3.35. The molecule has 0 fully saturated rings. The molecule has 0 aromatic heterocycles. The van der Waals surface area contributed by atoms with Crippen molar-refractivity contribution in [1.29, 1.82) is 1.78 Å². The van der Waals surface area contributed by atoms with Crippen LogP contribution in [-0.4, -0.2) is 3.58 Å². The third-order valence-electron chi connectivity index (χ3n) is 0. The third kappa shape index (κ3) is 11.1. The van der Waals surface area contributed by atoms with E-state index in [9.17, 15) is 4.79 Å². The summed E-state index contributed by atoms with van der Waals surface area (Å²) in [7, 11) is 0. The first-order valence-corrected chi connectivity index (χ1v) is 2.74. The molecular weight excluding hydrogens is 282 g/mol. The van der Waals surface area contributed by atoms with Crippen LogP contribution in [0.3, 0.4) is 0 Å². The average molecular weight is 290 g/mol. The van der Waals surface area contributed by atoms with Crippen molar-refractivity contribution in [3.8, 4) is 0 Å². The van der Waals surface area contributed by atoms with Gasteiger partial charge in [0.25, 0.3) is 0 Å². The van der Waals surface area contributed by atoms with E-state index in [0.29, 0.717) is 0 Å². The van der Waals surface area contributed by atoms with Gasteiger partial charge >= 0.3 is 53.0 Å². The van der Waals surface area contributed by atoms with Gasteiger partial charge in [-0.25, -0.2) is 0 Å². The Morgan fingerprint density at radius 2 is 3.75 bits per heavy atom. The fraction of sp³-hybridized carbons (Fsp3) is 0. The summed E-state index contributed by atoms with van der Waals surface area (Å²) in [5.41, 5.74) is 0. The Morgan fingerprint density at radius 3 is 3.75 bits per heavy atom. The molecule has 0 atom stereocenters. The molecular formula is CH3I2O-. The summed E-state index contributed by atoms with van der Waals surface area (Å²) < 4.78 is 19.2. The summed E-state index contributed by atoms with van der Waals surface area (Å²) in [4.78, 5) is 10.1. The van der Waals surface area contributed by atoms with E-state index in [1.807, 2.05) is 0 Å². The molecule has 0 aliphatic heterocycles. The Labute approximate surface area is 52.8 Å². The number of rotatable bonds is 2. The van der Waals surface area contributed by atoms with Crippen LogP contribution in [0.1, 0.15) is 0 Å². The van der Waals surface area contributed by atoms with Gasteiger partial charge in [0, 0.05) is 0 Å². The molecule has 0 saturated heterocycles. The number of halogens is 2. The number of carbonyl (C=O) groups is 1. The van der Waals surface area contributed by atoms with E-state index in [-0.39, 0.29) is 1.80 Å². The van der Waals surface area contributed by atoms with E-state index in [0.717, 1.165) is 0 Å². The Hall–Kier alpha value is 1.13. The summed E-state index contributed by atoms with van der Waals surface area (Å²) in [6.07, 6.45) is 0. The minimum atomic E-state index is -2.69. The van der Waals surface area contributed by atoms with Gasteiger partial charge in [0.15, 0.2) is 0 Å². The van der Waals surface area contributed by atoms with Gasteiger partial charge in [0.2, 0.25) is 0 Å². The molecule has 0 heterocycles. The van der Waals surface area contributed by atoms with E-state index in [1.165, 1.54) is 0 Å². The number of hydrogen-bond acceptors (Lipinski definition) is 1. The topological polar surface area (TPSA) is 17.1 Å². The van der Waals surface area contributed by atoms with Crippen LogP contribution in [-0.2, 0) is 0 Å². The maximum absolute atomic E-state index is 10.1. The third-order valence-corrected chi connectivity index (χ3v) is 0. The summed E-state index contributed by atoms with van der Waals surface area (Å²) in [5, 5.41) is 0. The van der Waals surface area contributed by atoms with Crippen molar-refractivity contribution in [2.45, 2.75) is 0 Å². The molecule has 0 radical (unpaired) electrons. The van der Waals surface area contributed by atoms with Crippen LogP contribution in [0, 0.1) is 0 Å². The predicted molar refractivity (Wildman–Crippen MR) is 23.6 cm³/mol. The molecule has 0 saturated carbocycles. The van der Waals surface area contributed by atoms with Crippen LogP contribution >= 0.6 is 22.2 Å². The average Bonchev–Trinajstić information content (AvgIpc) is 1.65. The molecule has 0 amide bonds. The molecule has 0 bridgehead atoms. The van der Waals surface area contributed by atoms with Crippen molar-refractivity contribution in [2.24, 2.45) is 0 Å². The number of hydrogen-bond donors (Lipinski definition) is 0. The summed E-state index contributed by atoms with van der Waals surface area (Å²) in [5.74, 6) is 0. The first kappa shape index (κ1) is 1.72. The van der Waals surface area contributed by atoms with Crippen LogP contribution in [0.25, 0.3) is 0 Å². The van der Waals surface area contributed by atoms with Crippen molar-refractivity contribution in [2.75, 3.05) is 0 Å². The SMILES string of the molecule is [2H][I-]C(=O)I([3H])[3H]. The Bertz CT molecular complexity index is 73.3. The van der Waals surface area contributed by atoms with Crippen molar-refractivity contribution in [3.05, 3.63) is 0 Å². The number of carbonyl (C=O) groups excluding carboxylic acids is 1. The van der Waals surface area contributed by atoms with Crippen molar-refractivity contribution >= 4 is 24.0 Å². The van der Waals surface area contributed by atoms with E-state index in [2.05, 4.69) is 0 Å². The zero-order valence-corrected chi connectivity index (χ0v) is 5.98. The molecule has 0 aromatic carbocycles. The summed E-state index contributed by atoms with van der Waals surface area (Å²) in [6.45, 7) is 0. The quantitative estimate of drug-likeness (QED) is 0.399. The molecule has 1 nitrogen and oxygen atoms in total. The van der Waals surface area contributed by atoms with Crippen LogP contribution in [0.15, 0.2) is 0 Å². The maximum atomic E-state index is 10.1. The van der Waals surface area contributed by atoms with Gasteiger partial charge in [0.1, 0.15) is 0 Å². The first-order valence-electron chi connectivity index (χ1n) is 1.72. The van der Waals surface area contributed by atoms with Gasteiger partial charge in [-0.3, -0.25) is 0 Å². The summed E-state index contributed by atoms with van der Waals surface area (Å²) in [6, 6.07) is 0. The second-order valence-corrected chi connectivity index (χ2v) is 4.25. The molecule has 0 rings (SSSR count). The van der Waals surface area contributed by atoms with Crippen LogP contribution < -0.4 is 22.4 Å². The molecule has 3 heteroatoms. The van der Waals surface area contributed by atoms with Gasteiger partial charge in [0.05, 0.1) is 0 Å². The molecule has 0 aliphatic carbocycles. The molecule has 0 aromatic rings. The van der Waals surface area contributed by atoms with Crippen LogP contribution in [0.2, 0.25) is 0 Å². The normalized spacial score (nSPS) is 21.0. The van der Waals surface area contributed by atoms with Gasteiger partial charge in [-0.1, -0.05) is 0 Å². The minimum absolute atomic E-state index is 0.386. The molecule has 28 valence electrons. The second-order valence-electron chi connectivity index (χ2n) is 0.226. The monoisotopic (exact) mass is 290 g/mol. The Kier molecular flexibility index (Phi) is 1.02. The molecule has 0 N–H and O–H groups in total. The van der Waals surface area contributed by atoms with E-state index >= 15 is 0 Å². The van der Waals surface area contributed by atoms with Crippen LogP contribution in [0.4, 0.5) is 4.79 Å². The summed E-state index contributed by atoms with van der Waals surface area (Å²) >= 11 is -3.88. The van der Waals surface area contributed by atoms with Gasteiger partial charge < -0.3 is 0 Å². The molecule has 0 aliphatic rings. The van der Waals surface area contributed by atoms with Gasteiger partial charge in [-0.15, -0.1) is 0 Å². The molecule has 0 unspecified atom stereocenters. The Morgan fingerprint density at radius 1 is 3.00 bits per heavy atom. The van der Waals surface area contributed by atoms with Gasteiger partial charge in [-0.05, 0) is 0 Å². The van der Waals surface area contributed by atoms with E-state index in [1.54, 1.807) is 0 Å². The van der Waals surface area contributed by atoms with Crippen molar-refractivity contribution in [3.63, 3.8) is 0 Å². The zero-order valence-electron chi connectivity index (χ0n) is 4.66. The zero-order chi connectivity index (χ0) is 5.86. The predicted octanol–water partition coefficient (Wildman–Crippen LogP) is -2.71. The molecule has 4 heavy (non-hydrogen) atoms. The van der Waals surface area contributed by atoms with Gasteiger partial charge in [-0.2, -0.15) is 0 Å². The van der Waals surface area contributed by atoms with Crippen LogP contribution in [0.5, 0.6) is 0 Å². The standard InChI is InChI=1S/CH3I2O/c2-1(3)4/h2H,3H2/q-1/i2D,3T2. The van der Waals surface area contributed by atoms with Crippen molar-refractivity contribution < 1.29 is 27.2 Å². The van der Waals surface area contributed by atoms with Crippen molar-refractivity contribution in [1.82, 2.24) is 0 Å². The molecule has 0 spiro atoms. The van der Waals surface area contributed by atoms with E-state index < -0.39 is 44.6 Å². The second kappa shape index (κ2) is 2.37. The fourth-order valence-corrected chi connectivity index (χ4v) is 0. The fourth-order valence-electron chi connectivity index (χ4n) is 0. The first-order chi connectivity index (χ1) is 3.18. The van der Waals surface area contributed by atoms with E-state index in [4.69, 9.17) is 1.78 Å².